The summed E-state index contributed by atoms with van der Waals surface area (Å²) in [5.41, 5.74) is -0.197. The Morgan fingerprint density at radius 3 is 2.64 bits per heavy atom. The summed E-state index contributed by atoms with van der Waals surface area (Å²) in [5, 5.41) is 11.6. The van der Waals surface area contributed by atoms with E-state index < -0.39 is 11.8 Å². The van der Waals surface area contributed by atoms with Crippen molar-refractivity contribution in [3.8, 4) is 0 Å². The van der Waals surface area contributed by atoms with Gasteiger partial charge < -0.3 is 9.63 Å². The molecule has 5 nitrogen and oxygen atoms in total. The minimum Gasteiger partial charge on any atom is -0.477 e. The molecule has 0 radical (unpaired) electrons. The molecular formula is C6H5NO4. The van der Waals surface area contributed by atoms with E-state index in [9.17, 15) is 9.59 Å². The number of carboxylic acids is 1. The molecule has 5 heteroatoms. The largest absolute Gasteiger partial charge is 0.477 e. The van der Waals surface area contributed by atoms with Gasteiger partial charge in [0.25, 0.3) is 0 Å². The third-order valence-electron chi connectivity index (χ3n) is 1.12. The van der Waals surface area contributed by atoms with Crippen molar-refractivity contribution >= 4 is 11.8 Å². The van der Waals surface area contributed by atoms with E-state index in [-0.39, 0.29) is 11.3 Å². The number of hydrogen-bond acceptors (Lipinski definition) is 4. The molecule has 0 aliphatic rings. The van der Waals surface area contributed by atoms with Gasteiger partial charge in [0.1, 0.15) is 5.56 Å². The van der Waals surface area contributed by atoms with Gasteiger partial charge in [-0.25, -0.2) is 4.79 Å². The van der Waals surface area contributed by atoms with Crippen LogP contribution in [0.15, 0.2) is 10.7 Å². The Hall–Kier alpha value is -1.65. The van der Waals surface area contributed by atoms with Gasteiger partial charge in [0.05, 0.1) is 6.20 Å². The maximum Gasteiger partial charge on any atom is 0.341 e. The van der Waals surface area contributed by atoms with Gasteiger partial charge in [-0.2, -0.15) is 0 Å². The Morgan fingerprint density at radius 1 is 1.64 bits per heavy atom. The lowest BCUT2D eigenvalue weighted by Crippen LogP contribution is -2.01. The second-order valence-electron chi connectivity index (χ2n) is 1.93. The number of carbonyl (C=O) groups is 2. The van der Waals surface area contributed by atoms with Gasteiger partial charge in [0, 0.05) is 6.92 Å². The van der Waals surface area contributed by atoms with Gasteiger partial charge in [-0.3, -0.25) is 4.79 Å². The molecule has 1 rings (SSSR count). The fourth-order valence-electron chi connectivity index (χ4n) is 0.646. The van der Waals surface area contributed by atoms with E-state index in [1.54, 1.807) is 0 Å². The van der Waals surface area contributed by atoms with E-state index in [0.29, 0.717) is 0 Å². The summed E-state index contributed by atoms with van der Waals surface area (Å²) in [5.74, 6) is -1.87. The van der Waals surface area contributed by atoms with Crippen molar-refractivity contribution in [2.75, 3.05) is 0 Å². The van der Waals surface area contributed by atoms with E-state index in [4.69, 9.17) is 5.11 Å². The second-order valence-corrected chi connectivity index (χ2v) is 1.93. The van der Waals surface area contributed by atoms with Crippen molar-refractivity contribution in [2.45, 2.75) is 6.92 Å². The highest BCUT2D eigenvalue weighted by Crippen LogP contribution is 2.07. The fraction of sp³-hybridized carbons (Fsp3) is 0.167. The molecule has 11 heavy (non-hydrogen) atoms. The van der Waals surface area contributed by atoms with Gasteiger partial charge in [-0.05, 0) is 0 Å². The van der Waals surface area contributed by atoms with Crippen molar-refractivity contribution in [2.24, 2.45) is 0 Å². The highest BCUT2D eigenvalue weighted by atomic mass is 16.5. The number of carbonyl (C=O) groups excluding carboxylic acids is 1. The Bertz CT molecular complexity index is 273. The van der Waals surface area contributed by atoms with Crippen molar-refractivity contribution < 1.29 is 19.2 Å². The van der Waals surface area contributed by atoms with Gasteiger partial charge in [0.2, 0.25) is 5.76 Å². The molecule has 0 aromatic carbocycles. The molecule has 1 aromatic heterocycles. The van der Waals surface area contributed by atoms with Gasteiger partial charge >= 0.3 is 5.97 Å². The third-order valence-corrected chi connectivity index (χ3v) is 1.12. The Labute approximate surface area is 61.6 Å². The zero-order valence-corrected chi connectivity index (χ0v) is 5.70. The predicted octanol–water partition coefficient (Wildman–Crippen LogP) is 0.575. The predicted molar refractivity (Wildman–Crippen MR) is 33.5 cm³/mol. The Morgan fingerprint density at radius 2 is 2.27 bits per heavy atom. The number of aromatic nitrogens is 1. The number of aromatic carboxylic acids is 1. The molecule has 0 atom stereocenters. The first-order valence-electron chi connectivity index (χ1n) is 2.82. The first-order valence-corrected chi connectivity index (χ1v) is 2.82. The molecule has 0 aliphatic heterocycles. The molecule has 0 bridgehead atoms. The van der Waals surface area contributed by atoms with Crippen LogP contribution in [0.3, 0.4) is 0 Å². The highest BCUT2D eigenvalue weighted by Gasteiger charge is 2.17. The maximum atomic E-state index is 10.6. The summed E-state index contributed by atoms with van der Waals surface area (Å²) < 4.78 is 4.41. The molecule has 0 unspecified atom stereocenters. The number of hydrogen-bond donors (Lipinski definition) is 1. The second kappa shape index (κ2) is 2.53. The first-order chi connectivity index (χ1) is 5.13. The average molecular weight is 155 g/mol. The van der Waals surface area contributed by atoms with Crippen LogP contribution in [0, 0.1) is 0 Å². The van der Waals surface area contributed by atoms with Crippen LogP contribution in [0.2, 0.25) is 0 Å². The van der Waals surface area contributed by atoms with Crippen LogP contribution >= 0.6 is 0 Å². The van der Waals surface area contributed by atoms with Gasteiger partial charge in [0.15, 0.2) is 5.78 Å². The lowest BCUT2D eigenvalue weighted by Gasteiger charge is -1.87. The Balaban J connectivity index is 3.16. The zero-order chi connectivity index (χ0) is 8.43. The zero-order valence-electron chi connectivity index (χ0n) is 5.70. The molecule has 1 N–H and O–H groups in total. The van der Waals surface area contributed by atoms with E-state index >= 15 is 0 Å². The van der Waals surface area contributed by atoms with Crippen molar-refractivity contribution in [3.63, 3.8) is 0 Å². The van der Waals surface area contributed by atoms with Crippen molar-refractivity contribution in [1.29, 1.82) is 0 Å². The van der Waals surface area contributed by atoms with Gasteiger partial charge in [-0.15, -0.1) is 0 Å². The molecule has 0 amide bonds. The monoisotopic (exact) mass is 155 g/mol. The topological polar surface area (TPSA) is 80.4 Å². The standard InChI is InChI=1S/C6H5NO4/c1-3(8)5-4(6(9)10)2-7-11-5/h2H,1H3,(H,9,10). The van der Waals surface area contributed by atoms with E-state index in [1.807, 2.05) is 0 Å². The highest BCUT2D eigenvalue weighted by molar-refractivity contribution is 6.02. The average Bonchev–Trinajstić information content (AvgIpc) is 2.32. The molecule has 58 valence electrons. The van der Waals surface area contributed by atoms with Crippen molar-refractivity contribution in [1.82, 2.24) is 5.16 Å². The van der Waals surface area contributed by atoms with E-state index in [2.05, 4.69) is 9.68 Å². The molecule has 0 aliphatic carbocycles. The number of nitrogens with zero attached hydrogens (tertiary/aromatic N) is 1. The number of ketones is 1. The molecule has 0 saturated carbocycles. The third kappa shape index (κ3) is 1.26. The summed E-state index contributed by atoms with van der Waals surface area (Å²) in [7, 11) is 0. The van der Waals surface area contributed by atoms with Crippen LogP contribution < -0.4 is 0 Å². The van der Waals surface area contributed by atoms with Crippen molar-refractivity contribution in [3.05, 3.63) is 17.5 Å². The fourth-order valence-corrected chi connectivity index (χ4v) is 0.646. The summed E-state index contributed by atoms with van der Waals surface area (Å²) in [6.45, 7) is 1.22. The molecular weight excluding hydrogens is 150 g/mol. The number of rotatable bonds is 2. The van der Waals surface area contributed by atoms with Crippen LogP contribution in [-0.2, 0) is 0 Å². The van der Waals surface area contributed by atoms with Crippen LogP contribution in [0.4, 0.5) is 0 Å². The molecule has 0 fully saturated rings. The summed E-state index contributed by atoms with van der Waals surface area (Å²) in [6.07, 6.45) is 0.999. The SMILES string of the molecule is CC(=O)c1oncc1C(=O)O. The normalized spacial score (nSPS) is 9.55. The number of Topliss-reactive ketones (excluding diaryl/α,β-unsaturated/α-hetero) is 1. The summed E-state index contributed by atoms with van der Waals surface area (Å²) in [4.78, 5) is 21.0. The Kier molecular flexibility index (Phi) is 1.72. The maximum absolute atomic E-state index is 10.6. The van der Waals surface area contributed by atoms with Crippen LogP contribution in [-0.4, -0.2) is 22.0 Å². The molecule has 1 aromatic rings. The molecule has 0 spiro atoms. The molecule has 1 heterocycles. The van der Waals surface area contributed by atoms with Crippen LogP contribution in [0.5, 0.6) is 0 Å². The summed E-state index contributed by atoms with van der Waals surface area (Å²) in [6, 6.07) is 0. The van der Waals surface area contributed by atoms with Crippen LogP contribution in [0.1, 0.15) is 27.8 Å². The minimum atomic E-state index is -1.21. The van der Waals surface area contributed by atoms with E-state index in [1.165, 1.54) is 6.92 Å². The number of carboxylic acid groups (broad SMARTS) is 1. The summed E-state index contributed by atoms with van der Waals surface area (Å²) >= 11 is 0. The van der Waals surface area contributed by atoms with E-state index in [0.717, 1.165) is 6.20 Å². The van der Waals surface area contributed by atoms with Gasteiger partial charge in [-0.1, -0.05) is 5.16 Å². The quantitative estimate of drug-likeness (QED) is 0.631. The lowest BCUT2D eigenvalue weighted by molar-refractivity contribution is 0.0690. The minimum absolute atomic E-state index is 0.197. The lowest BCUT2D eigenvalue weighted by atomic mass is 10.2. The molecule has 0 saturated heterocycles. The first kappa shape index (κ1) is 7.46. The smallest absolute Gasteiger partial charge is 0.341 e. The van der Waals surface area contributed by atoms with Crippen LogP contribution in [0.25, 0.3) is 0 Å².